The molecule has 4 nitrogen and oxygen atoms in total. The summed E-state index contributed by atoms with van der Waals surface area (Å²) < 4.78 is 0. The number of nitrogens with zero attached hydrogens (tertiary/aromatic N) is 3. The number of nitrogens with two attached hydrogens (primary N) is 1. The lowest BCUT2D eigenvalue weighted by Crippen LogP contribution is -2.48. The van der Waals surface area contributed by atoms with Gasteiger partial charge in [0.15, 0.2) is 0 Å². The van der Waals surface area contributed by atoms with E-state index in [1.165, 1.54) is 31.2 Å². The molecule has 2 saturated heterocycles. The lowest BCUT2D eigenvalue weighted by atomic mass is 9.71. The highest BCUT2D eigenvalue weighted by Crippen LogP contribution is 2.41. The molecule has 0 atom stereocenters. The van der Waals surface area contributed by atoms with Crippen LogP contribution in [0.2, 0.25) is 0 Å². The fourth-order valence-corrected chi connectivity index (χ4v) is 3.36. The van der Waals surface area contributed by atoms with Crippen molar-refractivity contribution in [2.24, 2.45) is 11.3 Å². The maximum Gasteiger partial charge on any atom is 0.128 e. The molecule has 4 heteroatoms. The van der Waals surface area contributed by atoms with E-state index in [9.17, 15) is 0 Å². The van der Waals surface area contributed by atoms with E-state index in [-0.39, 0.29) is 0 Å². The number of anilines is 1. The molecule has 2 aliphatic rings. The van der Waals surface area contributed by atoms with Crippen molar-refractivity contribution in [1.82, 2.24) is 9.99 Å². The third kappa shape index (κ3) is 3.95. The quantitative estimate of drug-likeness (QED) is 0.808. The zero-order valence-electron chi connectivity index (χ0n) is 13.8. The van der Waals surface area contributed by atoms with Crippen molar-refractivity contribution >= 4 is 5.82 Å². The van der Waals surface area contributed by atoms with Gasteiger partial charge in [-0.1, -0.05) is 19.9 Å². The molecule has 0 amide bonds. The van der Waals surface area contributed by atoms with E-state index in [1.54, 1.807) is 0 Å². The van der Waals surface area contributed by atoms with Gasteiger partial charge in [-0.05, 0) is 49.7 Å². The van der Waals surface area contributed by atoms with Crippen molar-refractivity contribution in [1.29, 1.82) is 0 Å². The Kier molecular flexibility index (Phi) is 5.59. The molecule has 1 spiro atoms. The summed E-state index contributed by atoms with van der Waals surface area (Å²) in [6.45, 7) is 10.5. The van der Waals surface area contributed by atoms with Crippen LogP contribution in [0.1, 0.15) is 45.1 Å². The SMILES string of the molecule is CC.Cc1ccc(N2CCC3(CCN(N)CC3)CC2)nc1. The zero-order chi connectivity index (χ0) is 15.3. The van der Waals surface area contributed by atoms with Gasteiger partial charge < -0.3 is 4.90 Å². The molecule has 21 heavy (non-hydrogen) atoms. The van der Waals surface area contributed by atoms with Gasteiger partial charge in [0.05, 0.1) is 0 Å². The smallest absolute Gasteiger partial charge is 0.128 e. The van der Waals surface area contributed by atoms with Crippen molar-refractivity contribution < 1.29 is 0 Å². The molecular weight excluding hydrogens is 260 g/mol. The van der Waals surface area contributed by atoms with E-state index < -0.39 is 0 Å². The Balaban J connectivity index is 0.000000774. The average Bonchev–Trinajstić information content (AvgIpc) is 2.54. The van der Waals surface area contributed by atoms with Gasteiger partial charge in [-0.25, -0.2) is 9.99 Å². The van der Waals surface area contributed by atoms with Gasteiger partial charge in [-0.2, -0.15) is 0 Å². The van der Waals surface area contributed by atoms with E-state index in [1.807, 2.05) is 25.1 Å². The van der Waals surface area contributed by atoms with Crippen LogP contribution in [-0.2, 0) is 0 Å². The van der Waals surface area contributed by atoms with Crippen LogP contribution in [0.4, 0.5) is 5.82 Å². The number of rotatable bonds is 1. The largest absolute Gasteiger partial charge is 0.357 e. The number of hydrogen-bond donors (Lipinski definition) is 1. The third-order valence-electron chi connectivity index (χ3n) is 4.90. The molecule has 0 radical (unpaired) electrons. The maximum absolute atomic E-state index is 5.87. The summed E-state index contributed by atoms with van der Waals surface area (Å²) in [7, 11) is 0. The number of aromatic nitrogens is 1. The number of pyridine rings is 1. The fourth-order valence-electron chi connectivity index (χ4n) is 3.36. The fraction of sp³-hybridized carbons (Fsp3) is 0.706. The Morgan fingerprint density at radius 3 is 2.10 bits per heavy atom. The molecule has 3 heterocycles. The van der Waals surface area contributed by atoms with Gasteiger partial charge in [0.25, 0.3) is 0 Å². The molecule has 0 bridgehead atoms. The first-order chi connectivity index (χ1) is 10.2. The minimum absolute atomic E-state index is 0.553. The van der Waals surface area contributed by atoms with Crippen LogP contribution in [0.25, 0.3) is 0 Å². The van der Waals surface area contributed by atoms with Crippen molar-refractivity contribution in [2.45, 2.75) is 46.5 Å². The normalized spacial score (nSPS) is 21.8. The van der Waals surface area contributed by atoms with Crippen molar-refractivity contribution in [3.63, 3.8) is 0 Å². The standard InChI is InChI=1S/C15H24N4.C2H6/c1-13-2-3-14(17-12-13)18-8-4-15(5-9-18)6-10-19(16)11-7-15;1-2/h2-3,12H,4-11,16H2,1H3;1-2H3. The minimum atomic E-state index is 0.553. The summed E-state index contributed by atoms with van der Waals surface area (Å²) in [5.41, 5.74) is 1.78. The van der Waals surface area contributed by atoms with Gasteiger partial charge in [-0.3, -0.25) is 5.84 Å². The molecule has 0 aliphatic carbocycles. The Morgan fingerprint density at radius 2 is 1.57 bits per heavy atom. The van der Waals surface area contributed by atoms with Crippen LogP contribution in [0.15, 0.2) is 18.3 Å². The first-order valence-electron chi connectivity index (χ1n) is 8.34. The molecule has 3 rings (SSSR count). The monoisotopic (exact) mass is 290 g/mol. The summed E-state index contributed by atoms with van der Waals surface area (Å²) in [6, 6.07) is 4.30. The topological polar surface area (TPSA) is 45.4 Å². The molecule has 2 N–H and O–H groups in total. The number of hydrazine groups is 1. The Labute approximate surface area is 129 Å². The van der Waals surface area contributed by atoms with Crippen LogP contribution in [-0.4, -0.2) is 36.2 Å². The first-order valence-corrected chi connectivity index (χ1v) is 8.34. The van der Waals surface area contributed by atoms with Crippen molar-refractivity contribution in [2.75, 3.05) is 31.1 Å². The van der Waals surface area contributed by atoms with Gasteiger partial charge in [0, 0.05) is 32.4 Å². The molecule has 2 fully saturated rings. The van der Waals surface area contributed by atoms with Crippen molar-refractivity contribution in [3.05, 3.63) is 23.9 Å². The number of aryl methyl sites for hydroxylation is 1. The predicted molar refractivity (Wildman–Crippen MR) is 89.2 cm³/mol. The first kappa shape index (κ1) is 16.2. The molecular formula is C17H30N4. The van der Waals surface area contributed by atoms with Crippen LogP contribution in [0.5, 0.6) is 0 Å². The average molecular weight is 290 g/mol. The van der Waals surface area contributed by atoms with E-state index in [0.29, 0.717) is 5.41 Å². The van der Waals surface area contributed by atoms with E-state index in [4.69, 9.17) is 5.84 Å². The van der Waals surface area contributed by atoms with E-state index in [0.717, 1.165) is 32.0 Å². The molecule has 1 aromatic heterocycles. The van der Waals surface area contributed by atoms with Gasteiger partial charge in [0.1, 0.15) is 5.82 Å². The van der Waals surface area contributed by atoms with Gasteiger partial charge in [-0.15, -0.1) is 0 Å². The minimum Gasteiger partial charge on any atom is -0.357 e. The van der Waals surface area contributed by atoms with Gasteiger partial charge >= 0.3 is 0 Å². The second-order valence-corrected chi connectivity index (χ2v) is 6.22. The number of piperidine rings is 2. The highest BCUT2D eigenvalue weighted by atomic mass is 15.4. The maximum atomic E-state index is 5.87. The van der Waals surface area contributed by atoms with Crippen LogP contribution in [0, 0.1) is 12.3 Å². The van der Waals surface area contributed by atoms with Crippen LogP contribution < -0.4 is 10.7 Å². The predicted octanol–water partition coefficient (Wildman–Crippen LogP) is 2.97. The second-order valence-electron chi connectivity index (χ2n) is 6.22. The molecule has 2 aliphatic heterocycles. The summed E-state index contributed by atoms with van der Waals surface area (Å²) in [5, 5.41) is 1.97. The molecule has 118 valence electrons. The summed E-state index contributed by atoms with van der Waals surface area (Å²) in [4.78, 5) is 6.98. The molecule has 0 saturated carbocycles. The van der Waals surface area contributed by atoms with Crippen LogP contribution in [0.3, 0.4) is 0 Å². The lowest BCUT2D eigenvalue weighted by Gasteiger charge is -2.46. The van der Waals surface area contributed by atoms with Crippen LogP contribution >= 0.6 is 0 Å². The Morgan fingerprint density at radius 1 is 1.00 bits per heavy atom. The summed E-state index contributed by atoms with van der Waals surface area (Å²) in [6.07, 6.45) is 7.07. The molecule has 0 aromatic carbocycles. The highest BCUT2D eigenvalue weighted by Gasteiger charge is 2.37. The zero-order valence-corrected chi connectivity index (χ0v) is 13.8. The molecule has 0 unspecified atom stereocenters. The van der Waals surface area contributed by atoms with E-state index >= 15 is 0 Å². The molecule has 1 aromatic rings. The Hall–Kier alpha value is -1.13. The van der Waals surface area contributed by atoms with Gasteiger partial charge in [0.2, 0.25) is 0 Å². The summed E-state index contributed by atoms with van der Waals surface area (Å²) >= 11 is 0. The van der Waals surface area contributed by atoms with Crippen molar-refractivity contribution in [3.8, 4) is 0 Å². The summed E-state index contributed by atoms with van der Waals surface area (Å²) in [5.74, 6) is 7.01. The number of hydrogen-bond acceptors (Lipinski definition) is 4. The lowest BCUT2D eigenvalue weighted by molar-refractivity contribution is 0.0801. The highest BCUT2D eigenvalue weighted by molar-refractivity contribution is 5.39. The second kappa shape index (κ2) is 7.23. The Bertz CT molecular complexity index is 411. The third-order valence-corrected chi connectivity index (χ3v) is 4.90. The van der Waals surface area contributed by atoms with E-state index in [2.05, 4.69) is 28.9 Å².